The maximum Gasteiger partial charge on any atom is 0.326 e. The Morgan fingerprint density at radius 3 is 1.17 bits per heavy atom. The molecule has 0 aliphatic heterocycles. The van der Waals surface area contributed by atoms with Gasteiger partial charge in [0, 0.05) is 19.3 Å². The molecule has 0 bridgehead atoms. The predicted octanol–water partition coefficient (Wildman–Crippen LogP) is 1.23. The maximum absolute atomic E-state index is 13.9. The maximum atomic E-state index is 13.9. The van der Waals surface area contributed by atoms with Crippen molar-refractivity contribution in [1.82, 2.24) is 37.2 Å². The van der Waals surface area contributed by atoms with Gasteiger partial charge >= 0.3 is 5.97 Å². The van der Waals surface area contributed by atoms with E-state index in [1.165, 1.54) is 26.0 Å². The number of carboxylic acids is 1. The van der Waals surface area contributed by atoms with Crippen molar-refractivity contribution in [3.05, 3.63) is 102 Å². The van der Waals surface area contributed by atoms with Crippen LogP contribution in [0.4, 0.5) is 0 Å². The van der Waals surface area contributed by atoms with Gasteiger partial charge in [0.15, 0.2) is 0 Å². The van der Waals surface area contributed by atoms with Crippen LogP contribution in [0.2, 0.25) is 0 Å². The van der Waals surface area contributed by atoms with Gasteiger partial charge in [0.1, 0.15) is 48.0 Å². The molecule has 358 valence electrons. The summed E-state index contributed by atoms with van der Waals surface area (Å²) in [6, 6.07) is 14.0. The predicted molar refractivity (Wildman–Crippen MR) is 247 cm³/mol. The van der Waals surface area contributed by atoms with Crippen molar-refractivity contribution in [2.24, 2.45) is 23.5 Å². The van der Waals surface area contributed by atoms with Crippen LogP contribution in [0.5, 0.6) is 5.75 Å². The Hall–Kier alpha value is -6.82. The first kappa shape index (κ1) is 53.5. The van der Waals surface area contributed by atoms with E-state index in [1.807, 2.05) is 0 Å². The van der Waals surface area contributed by atoms with E-state index in [1.54, 1.807) is 114 Å². The number of carboxylic acid groups (broad SMARTS) is 1. The number of hydrogen-bond acceptors (Lipinski definition) is 10. The highest BCUT2D eigenvalue weighted by Gasteiger charge is 2.34. The quantitative estimate of drug-likeness (QED) is 0.0610. The lowest BCUT2D eigenvalue weighted by Crippen LogP contribution is -2.60. The molecule has 8 atom stereocenters. The van der Waals surface area contributed by atoms with Crippen LogP contribution in [-0.4, -0.2) is 106 Å². The number of nitrogens with one attached hydrogen (secondary N) is 7. The van der Waals surface area contributed by atoms with Crippen molar-refractivity contribution in [1.29, 1.82) is 0 Å². The molecule has 3 rings (SSSR count). The lowest BCUT2D eigenvalue weighted by atomic mass is 9.99. The molecule has 0 unspecified atom stereocenters. The summed E-state index contributed by atoms with van der Waals surface area (Å²) in [6.45, 7) is 13.1. The number of benzene rings is 3. The zero-order chi connectivity index (χ0) is 49.2. The summed E-state index contributed by atoms with van der Waals surface area (Å²) >= 11 is 0. The van der Waals surface area contributed by atoms with Crippen LogP contribution in [0, 0.1) is 17.8 Å². The van der Waals surface area contributed by atoms with Gasteiger partial charge in [0.05, 0.1) is 6.04 Å². The summed E-state index contributed by atoms with van der Waals surface area (Å²) in [5, 5.41) is 38.0. The standard InChI is InChI=1S/C48H66N8O10/c1-26(2)38(49)45(62)56-40(28(5)6)46(63)53-36(24-33-19-21-34(57)22-20-33)44(61)50-29(7)41(58)52-35(23-31-15-11-9-12-16-31)43(60)51-30(8)42(59)55-39(27(3)4)47(64)54-37(48(65)66)25-32-17-13-10-14-18-32/h9-22,26-30,35-40,57H,23-25,49H2,1-8H3,(H,50,61)(H,51,60)(H,52,58)(H,53,63)(H,54,64)(H,55,59)(H,56,62)(H,65,66)/t29-,30-,35-,36-,37-,38-,39-,40-/m0/s1. The SMILES string of the molecule is CC(C)[C@H](N)C(=O)N[C@H](C(=O)N[C@@H](Cc1ccc(O)cc1)C(=O)N[C@@H](C)C(=O)N[C@@H](Cc1ccccc1)C(=O)N[C@@H](C)C(=O)N[C@H](C(=O)N[C@@H](Cc1ccccc1)C(=O)O)C(C)C)C(C)C. The van der Waals surface area contributed by atoms with E-state index in [9.17, 15) is 48.6 Å². The molecular formula is C48H66N8O10. The number of aromatic hydroxyl groups is 1. The number of carbonyl (C=O) groups is 8. The van der Waals surface area contributed by atoms with Crippen molar-refractivity contribution in [2.45, 2.75) is 123 Å². The fourth-order valence-electron chi connectivity index (χ4n) is 6.67. The minimum atomic E-state index is -1.28. The van der Waals surface area contributed by atoms with E-state index in [-0.39, 0.29) is 30.9 Å². The van der Waals surface area contributed by atoms with Crippen molar-refractivity contribution in [3.63, 3.8) is 0 Å². The molecule has 0 aromatic heterocycles. The lowest BCUT2D eigenvalue weighted by molar-refractivity contribution is -0.142. The highest BCUT2D eigenvalue weighted by Crippen LogP contribution is 2.14. The van der Waals surface area contributed by atoms with Crippen molar-refractivity contribution in [3.8, 4) is 5.75 Å². The fraction of sp³-hybridized carbons (Fsp3) is 0.458. The first-order valence-electron chi connectivity index (χ1n) is 22.0. The van der Waals surface area contributed by atoms with E-state index in [4.69, 9.17) is 5.73 Å². The number of hydrogen-bond donors (Lipinski definition) is 10. The zero-order valence-corrected chi connectivity index (χ0v) is 38.8. The van der Waals surface area contributed by atoms with E-state index in [2.05, 4.69) is 37.2 Å². The molecule has 0 fully saturated rings. The summed E-state index contributed by atoms with van der Waals surface area (Å²) in [7, 11) is 0. The van der Waals surface area contributed by atoms with Gasteiger partial charge in [-0.3, -0.25) is 33.6 Å². The highest BCUT2D eigenvalue weighted by molar-refractivity contribution is 5.97. The Morgan fingerprint density at radius 2 is 0.773 bits per heavy atom. The number of phenols is 1. The fourth-order valence-corrected chi connectivity index (χ4v) is 6.67. The van der Waals surface area contributed by atoms with E-state index in [0.29, 0.717) is 16.7 Å². The summed E-state index contributed by atoms with van der Waals surface area (Å²) in [5.41, 5.74) is 7.93. The Kier molecular flexibility index (Phi) is 20.8. The number of rotatable bonds is 24. The van der Waals surface area contributed by atoms with Crippen molar-refractivity contribution in [2.75, 3.05) is 0 Å². The summed E-state index contributed by atoms with van der Waals surface area (Å²) in [4.78, 5) is 107. The van der Waals surface area contributed by atoms with Gasteiger partial charge in [-0.05, 0) is 60.4 Å². The van der Waals surface area contributed by atoms with Crippen LogP contribution < -0.4 is 43.0 Å². The monoisotopic (exact) mass is 914 g/mol. The second kappa shape index (κ2) is 25.6. The smallest absolute Gasteiger partial charge is 0.326 e. The average molecular weight is 915 g/mol. The molecule has 0 radical (unpaired) electrons. The lowest BCUT2D eigenvalue weighted by Gasteiger charge is -2.28. The molecule has 66 heavy (non-hydrogen) atoms. The zero-order valence-electron chi connectivity index (χ0n) is 38.8. The van der Waals surface area contributed by atoms with Gasteiger partial charge in [0.25, 0.3) is 0 Å². The minimum absolute atomic E-state index is 0.00906. The van der Waals surface area contributed by atoms with Gasteiger partial charge in [0.2, 0.25) is 41.4 Å². The van der Waals surface area contributed by atoms with E-state index < -0.39 is 107 Å². The van der Waals surface area contributed by atoms with Gasteiger partial charge in [-0.1, -0.05) is 114 Å². The van der Waals surface area contributed by atoms with Crippen LogP contribution >= 0.6 is 0 Å². The molecule has 18 heteroatoms. The first-order valence-corrected chi connectivity index (χ1v) is 22.0. The van der Waals surface area contributed by atoms with Crippen molar-refractivity contribution >= 4 is 47.3 Å². The second-order valence-corrected chi connectivity index (χ2v) is 17.5. The number of phenolic OH excluding ortho intramolecular Hbond substituents is 1. The minimum Gasteiger partial charge on any atom is -0.508 e. The third-order valence-corrected chi connectivity index (χ3v) is 10.8. The molecule has 3 aromatic carbocycles. The van der Waals surface area contributed by atoms with Crippen LogP contribution in [-0.2, 0) is 57.6 Å². The third kappa shape index (κ3) is 17.0. The number of aliphatic carboxylic acids is 1. The van der Waals surface area contributed by atoms with Crippen molar-refractivity contribution < 1.29 is 48.6 Å². The molecular weight excluding hydrogens is 849 g/mol. The van der Waals surface area contributed by atoms with Gasteiger partial charge < -0.3 is 53.2 Å². The number of nitrogens with two attached hydrogens (primary N) is 1. The van der Waals surface area contributed by atoms with Crippen LogP contribution in [0.1, 0.15) is 72.1 Å². The molecule has 0 spiro atoms. The molecule has 3 aromatic rings. The number of carbonyl (C=O) groups excluding carboxylic acids is 7. The Balaban J connectivity index is 1.77. The summed E-state index contributed by atoms with van der Waals surface area (Å²) in [6.07, 6.45) is -0.0809. The summed E-state index contributed by atoms with van der Waals surface area (Å²) in [5.74, 6) is -7.36. The van der Waals surface area contributed by atoms with Gasteiger partial charge in [-0.15, -0.1) is 0 Å². The molecule has 18 nitrogen and oxygen atoms in total. The van der Waals surface area contributed by atoms with Crippen LogP contribution in [0.3, 0.4) is 0 Å². The Morgan fingerprint density at radius 1 is 0.424 bits per heavy atom. The molecule has 11 N–H and O–H groups in total. The first-order chi connectivity index (χ1) is 31.1. The summed E-state index contributed by atoms with van der Waals surface area (Å²) < 4.78 is 0. The largest absolute Gasteiger partial charge is 0.508 e. The number of amides is 7. The molecule has 0 aliphatic carbocycles. The molecule has 7 amide bonds. The topological polar surface area (TPSA) is 287 Å². The third-order valence-electron chi connectivity index (χ3n) is 10.8. The second-order valence-electron chi connectivity index (χ2n) is 17.5. The molecule has 0 heterocycles. The molecule has 0 aliphatic rings. The van der Waals surface area contributed by atoms with Gasteiger partial charge in [-0.25, -0.2) is 4.79 Å². The normalized spacial score (nSPS) is 14.8. The van der Waals surface area contributed by atoms with Crippen LogP contribution in [0.25, 0.3) is 0 Å². The van der Waals surface area contributed by atoms with E-state index >= 15 is 0 Å². The average Bonchev–Trinajstić information content (AvgIpc) is 3.26. The van der Waals surface area contributed by atoms with Gasteiger partial charge in [-0.2, -0.15) is 0 Å². The molecule has 0 saturated heterocycles. The van der Waals surface area contributed by atoms with E-state index in [0.717, 1.165) is 0 Å². The molecule has 0 saturated carbocycles. The Labute approximate surface area is 386 Å². The highest BCUT2D eigenvalue weighted by atomic mass is 16.4. The van der Waals surface area contributed by atoms with Crippen LogP contribution in [0.15, 0.2) is 84.9 Å². The Bertz CT molecular complexity index is 2120.